The smallest absolute Gasteiger partial charge is 0.162 e. The summed E-state index contributed by atoms with van der Waals surface area (Å²) in [5.74, 6) is 1.53. The molecule has 0 spiro atoms. The van der Waals surface area contributed by atoms with Gasteiger partial charge in [0.1, 0.15) is 5.82 Å². The van der Waals surface area contributed by atoms with Crippen molar-refractivity contribution in [2.24, 2.45) is 0 Å². The van der Waals surface area contributed by atoms with Gasteiger partial charge in [-0.25, -0.2) is 9.97 Å². The first kappa shape index (κ1) is 13.4. The number of aromatic nitrogens is 4. The first-order valence-corrected chi connectivity index (χ1v) is 7.06. The molecule has 5 heteroatoms. The van der Waals surface area contributed by atoms with Crippen LogP contribution in [-0.2, 0) is 0 Å². The Labute approximate surface area is 123 Å². The molecule has 0 amide bonds. The van der Waals surface area contributed by atoms with Crippen molar-refractivity contribution in [3.8, 4) is 11.4 Å². The van der Waals surface area contributed by atoms with Crippen molar-refractivity contribution in [2.45, 2.75) is 26.3 Å². The van der Waals surface area contributed by atoms with Gasteiger partial charge in [-0.15, -0.1) is 0 Å². The number of nitrogens with zero attached hydrogens (tertiary/aromatic N) is 4. The van der Waals surface area contributed by atoms with E-state index in [0.717, 1.165) is 28.7 Å². The van der Waals surface area contributed by atoms with E-state index in [0.29, 0.717) is 11.9 Å². The lowest BCUT2D eigenvalue weighted by molar-refractivity contribution is 0.760. The second kappa shape index (κ2) is 5.83. The van der Waals surface area contributed by atoms with Crippen molar-refractivity contribution < 1.29 is 0 Å². The summed E-state index contributed by atoms with van der Waals surface area (Å²) in [6, 6.07) is 6.10. The molecule has 0 fully saturated rings. The molecule has 0 unspecified atom stereocenters. The summed E-state index contributed by atoms with van der Waals surface area (Å²) in [5, 5.41) is 4.44. The predicted octanol–water partition coefficient (Wildman–Crippen LogP) is 3.30. The number of anilines is 1. The third kappa shape index (κ3) is 2.81. The number of pyridine rings is 2. The highest BCUT2D eigenvalue weighted by Gasteiger charge is 2.10. The van der Waals surface area contributed by atoms with Gasteiger partial charge in [0.25, 0.3) is 0 Å². The number of nitrogens with one attached hydrogen (secondary N) is 1. The first-order valence-electron chi connectivity index (χ1n) is 7.06. The Kier molecular flexibility index (Phi) is 3.73. The molecule has 0 aromatic carbocycles. The Balaban J connectivity index is 2.15. The van der Waals surface area contributed by atoms with Crippen LogP contribution in [0.3, 0.4) is 0 Å². The van der Waals surface area contributed by atoms with Crippen molar-refractivity contribution in [3.63, 3.8) is 0 Å². The van der Waals surface area contributed by atoms with E-state index < -0.39 is 0 Å². The molecule has 0 aliphatic carbocycles. The molecule has 0 saturated carbocycles. The average molecular weight is 279 g/mol. The van der Waals surface area contributed by atoms with Gasteiger partial charge in [0.05, 0.1) is 11.7 Å². The summed E-state index contributed by atoms with van der Waals surface area (Å²) in [6.07, 6.45) is 8.05. The molecule has 3 rings (SSSR count). The predicted molar refractivity (Wildman–Crippen MR) is 83.9 cm³/mol. The molecule has 1 N–H and O–H groups in total. The molecule has 3 aromatic heterocycles. The number of rotatable bonds is 4. The van der Waals surface area contributed by atoms with E-state index in [-0.39, 0.29) is 0 Å². The molecule has 0 radical (unpaired) electrons. The molecular weight excluding hydrogens is 262 g/mol. The summed E-state index contributed by atoms with van der Waals surface area (Å²) >= 11 is 0. The number of fused-ring (bicyclic) bond motifs is 1. The van der Waals surface area contributed by atoms with E-state index in [1.54, 1.807) is 24.8 Å². The second-order valence-electron chi connectivity index (χ2n) is 4.98. The summed E-state index contributed by atoms with van der Waals surface area (Å²) in [6.45, 7) is 4.29. The van der Waals surface area contributed by atoms with Gasteiger partial charge in [-0.05, 0) is 31.5 Å². The minimum Gasteiger partial charge on any atom is -0.367 e. The molecule has 3 aromatic rings. The maximum atomic E-state index is 4.68. The van der Waals surface area contributed by atoms with Crippen LogP contribution in [0.15, 0.2) is 43.0 Å². The monoisotopic (exact) mass is 279 g/mol. The maximum absolute atomic E-state index is 4.68. The fourth-order valence-electron chi connectivity index (χ4n) is 2.06. The van der Waals surface area contributed by atoms with Gasteiger partial charge in [-0.2, -0.15) is 0 Å². The minimum absolute atomic E-state index is 0.349. The molecule has 106 valence electrons. The maximum Gasteiger partial charge on any atom is 0.162 e. The van der Waals surface area contributed by atoms with Crippen LogP contribution in [-0.4, -0.2) is 26.0 Å². The third-order valence-electron chi connectivity index (χ3n) is 3.43. The standard InChI is InChI=1S/C16H17N5/c1-3-11(2)19-16-13-6-9-18-10-14(13)20-15(21-16)12-4-7-17-8-5-12/h4-11H,3H2,1-2H3,(H,19,20,21)/t11-/m0/s1. The van der Waals surface area contributed by atoms with Gasteiger partial charge < -0.3 is 5.32 Å². The zero-order valence-corrected chi connectivity index (χ0v) is 12.1. The summed E-state index contributed by atoms with van der Waals surface area (Å²) < 4.78 is 0. The van der Waals surface area contributed by atoms with Gasteiger partial charge in [0, 0.05) is 35.6 Å². The van der Waals surface area contributed by atoms with Crippen LogP contribution in [0.4, 0.5) is 5.82 Å². The van der Waals surface area contributed by atoms with Crippen molar-refractivity contribution in [3.05, 3.63) is 43.0 Å². The highest BCUT2D eigenvalue weighted by atomic mass is 15.1. The van der Waals surface area contributed by atoms with Crippen LogP contribution in [0, 0.1) is 0 Å². The molecule has 21 heavy (non-hydrogen) atoms. The minimum atomic E-state index is 0.349. The van der Waals surface area contributed by atoms with Gasteiger partial charge in [0.15, 0.2) is 5.82 Å². The van der Waals surface area contributed by atoms with Gasteiger partial charge in [-0.3, -0.25) is 9.97 Å². The highest BCUT2D eigenvalue weighted by Crippen LogP contribution is 2.24. The van der Waals surface area contributed by atoms with Gasteiger partial charge in [0.2, 0.25) is 0 Å². The van der Waals surface area contributed by atoms with E-state index in [2.05, 4.69) is 39.1 Å². The van der Waals surface area contributed by atoms with Crippen LogP contribution in [0.5, 0.6) is 0 Å². The summed E-state index contributed by atoms with van der Waals surface area (Å²) in [7, 11) is 0. The normalized spacial score (nSPS) is 12.3. The van der Waals surface area contributed by atoms with Crippen molar-refractivity contribution in [1.82, 2.24) is 19.9 Å². The second-order valence-corrected chi connectivity index (χ2v) is 4.98. The van der Waals surface area contributed by atoms with Crippen molar-refractivity contribution in [2.75, 3.05) is 5.32 Å². The zero-order chi connectivity index (χ0) is 14.7. The Hall–Kier alpha value is -2.56. The fraction of sp³-hybridized carbons (Fsp3) is 0.250. The molecule has 0 saturated heterocycles. The number of hydrogen-bond acceptors (Lipinski definition) is 5. The van der Waals surface area contributed by atoms with Crippen molar-refractivity contribution >= 4 is 16.7 Å². The number of hydrogen-bond donors (Lipinski definition) is 1. The molecule has 0 bridgehead atoms. The highest BCUT2D eigenvalue weighted by molar-refractivity contribution is 5.90. The molecule has 5 nitrogen and oxygen atoms in total. The Morgan fingerprint density at radius 3 is 2.57 bits per heavy atom. The Morgan fingerprint density at radius 1 is 1.05 bits per heavy atom. The third-order valence-corrected chi connectivity index (χ3v) is 3.43. The Bertz CT molecular complexity index is 742. The summed E-state index contributed by atoms with van der Waals surface area (Å²) in [5.41, 5.74) is 1.79. The largest absolute Gasteiger partial charge is 0.367 e. The van der Waals surface area contributed by atoms with Crippen LogP contribution in [0.2, 0.25) is 0 Å². The topological polar surface area (TPSA) is 63.6 Å². The Morgan fingerprint density at radius 2 is 1.81 bits per heavy atom. The molecule has 0 aliphatic heterocycles. The summed E-state index contributed by atoms with van der Waals surface area (Å²) in [4.78, 5) is 17.5. The van der Waals surface area contributed by atoms with E-state index in [9.17, 15) is 0 Å². The fourth-order valence-corrected chi connectivity index (χ4v) is 2.06. The van der Waals surface area contributed by atoms with Crippen LogP contribution < -0.4 is 5.32 Å². The van der Waals surface area contributed by atoms with E-state index in [1.165, 1.54) is 0 Å². The lowest BCUT2D eigenvalue weighted by atomic mass is 10.2. The van der Waals surface area contributed by atoms with E-state index >= 15 is 0 Å². The molecule has 3 heterocycles. The van der Waals surface area contributed by atoms with E-state index in [1.807, 2.05) is 18.2 Å². The van der Waals surface area contributed by atoms with Gasteiger partial charge >= 0.3 is 0 Å². The van der Waals surface area contributed by atoms with Crippen LogP contribution in [0.1, 0.15) is 20.3 Å². The zero-order valence-electron chi connectivity index (χ0n) is 12.1. The quantitative estimate of drug-likeness (QED) is 0.794. The van der Waals surface area contributed by atoms with Crippen LogP contribution in [0.25, 0.3) is 22.3 Å². The lowest BCUT2D eigenvalue weighted by Crippen LogP contribution is -2.15. The lowest BCUT2D eigenvalue weighted by Gasteiger charge is -2.15. The molecule has 0 aliphatic rings. The van der Waals surface area contributed by atoms with Crippen molar-refractivity contribution in [1.29, 1.82) is 0 Å². The average Bonchev–Trinajstić information content (AvgIpc) is 2.55. The SMILES string of the molecule is CC[C@H](C)Nc1nc(-c2ccncc2)nc2cnccc12. The molecular formula is C16H17N5. The van der Waals surface area contributed by atoms with Crippen LogP contribution >= 0.6 is 0 Å². The molecule has 1 atom stereocenters. The first-order chi connectivity index (χ1) is 10.3. The van der Waals surface area contributed by atoms with E-state index in [4.69, 9.17) is 0 Å². The van der Waals surface area contributed by atoms with Gasteiger partial charge in [-0.1, -0.05) is 6.92 Å².